The summed E-state index contributed by atoms with van der Waals surface area (Å²) in [5.74, 6) is -1.89. The maximum atomic E-state index is 5.87. The van der Waals surface area contributed by atoms with Gasteiger partial charge in [0.05, 0.1) is 12.7 Å². The van der Waals surface area contributed by atoms with E-state index in [9.17, 15) is 0 Å². The number of hydrogen-bond acceptors (Lipinski definition) is 5. The molecule has 0 aromatic carbocycles. The summed E-state index contributed by atoms with van der Waals surface area (Å²) in [6.07, 6.45) is 0.585. The standard InChI is InChI=1S/C13H24O5/c1-11(2,14-6)16-9-7-10-13(5,15-8-9)18-12(3,4)17-10/h9-10H,7-8H2,1-6H3/t9-,10?,13-/m0/s1. The first kappa shape index (κ1) is 14.2. The van der Waals surface area contributed by atoms with Crippen molar-refractivity contribution in [2.24, 2.45) is 0 Å². The third-order valence-electron chi connectivity index (χ3n) is 3.43. The van der Waals surface area contributed by atoms with Crippen LogP contribution in [0, 0.1) is 0 Å². The molecule has 0 aromatic heterocycles. The Bertz CT molecular complexity index is 315. The molecule has 106 valence electrons. The number of ether oxygens (including phenoxy) is 5. The molecule has 2 aliphatic rings. The van der Waals surface area contributed by atoms with Crippen LogP contribution in [0.2, 0.25) is 0 Å². The smallest absolute Gasteiger partial charge is 0.195 e. The van der Waals surface area contributed by atoms with E-state index in [1.165, 1.54) is 0 Å². The molecule has 0 aliphatic carbocycles. The van der Waals surface area contributed by atoms with Crippen LogP contribution in [0.4, 0.5) is 0 Å². The van der Waals surface area contributed by atoms with E-state index in [0.717, 1.165) is 6.42 Å². The highest BCUT2D eigenvalue weighted by molar-refractivity contribution is 4.91. The zero-order valence-electron chi connectivity index (χ0n) is 12.1. The van der Waals surface area contributed by atoms with Crippen LogP contribution in [0.25, 0.3) is 0 Å². The summed E-state index contributed by atoms with van der Waals surface area (Å²) in [6.45, 7) is 9.97. The van der Waals surface area contributed by atoms with Crippen molar-refractivity contribution < 1.29 is 23.7 Å². The molecule has 0 radical (unpaired) electrons. The third kappa shape index (κ3) is 2.86. The largest absolute Gasteiger partial charge is 0.354 e. The van der Waals surface area contributed by atoms with Crippen molar-refractivity contribution in [1.29, 1.82) is 0 Å². The van der Waals surface area contributed by atoms with E-state index in [0.29, 0.717) is 6.61 Å². The number of methoxy groups -OCH3 is 1. The molecule has 5 heteroatoms. The summed E-state index contributed by atoms with van der Waals surface area (Å²) in [4.78, 5) is 0. The molecular weight excluding hydrogens is 236 g/mol. The average Bonchev–Trinajstić information content (AvgIpc) is 2.46. The maximum absolute atomic E-state index is 5.87. The minimum absolute atomic E-state index is 0.0458. The van der Waals surface area contributed by atoms with Gasteiger partial charge in [-0.1, -0.05) is 0 Å². The first-order valence-corrected chi connectivity index (χ1v) is 6.41. The molecule has 0 saturated carbocycles. The molecule has 0 N–H and O–H groups in total. The van der Waals surface area contributed by atoms with Crippen LogP contribution in [0.3, 0.4) is 0 Å². The fourth-order valence-electron chi connectivity index (χ4n) is 2.51. The molecular formula is C13H24O5. The van der Waals surface area contributed by atoms with Gasteiger partial charge in [0, 0.05) is 13.5 Å². The predicted molar refractivity (Wildman–Crippen MR) is 65.0 cm³/mol. The van der Waals surface area contributed by atoms with Crippen LogP contribution in [0.15, 0.2) is 0 Å². The Morgan fingerprint density at radius 3 is 2.50 bits per heavy atom. The van der Waals surface area contributed by atoms with Crippen molar-refractivity contribution in [3.05, 3.63) is 0 Å². The van der Waals surface area contributed by atoms with E-state index in [4.69, 9.17) is 23.7 Å². The molecule has 3 atom stereocenters. The first-order chi connectivity index (χ1) is 8.16. The lowest BCUT2D eigenvalue weighted by atomic mass is 10.0. The van der Waals surface area contributed by atoms with Crippen LogP contribution < -0.4 is 0 Å². The summed E-state index contributed by atoms with van der Waals surface area (Å²) in [5, 5.41) is 0. The Morgan fingerprint density at radius 1 is 1.22 bits per heavy atom. The van der Waals surface area contributed by atoms with E-state index < -0.39 is 17.4 Å². The lowest BCUT2D eigenvalue weighted by Crippen LogP contribution is -2.50. The molecule has 2 heterocycles. The van der Waals surface area contributed by atoms with Gasteiger partial charge in [-0.2, -0.15) is 0 Å². The van der Waals surface area contributed by atoms with E-state index in [-0.39, 0.29) is 12.2 Å². The molecule has 5 nitrogen and oxygen atoms in total. The van der Waals surface area contributed by atoms with Gasteiger partial charge in [0.1, 0.15) is 6.10 Å². The van der Waals surface area contributed by atoms with Crippen LogP contribution in [-0.4, -0.2) is 43.3 Å². The maximum Gasteiger partial charge on any atom is 0.195 e. The zero-order chi connectivity index (χ0) is 13.6. The molecule has 2 saturated heterocycles. The van der Waals surface area contributed by atoms with Crippen molar-refractivity contribution in [2.45, 2.75) is 70.6 Å². The van der Waals surface area contributed by atoms with E-state index in [2.05, 4.69) is 0 Å². The molecule has 2 fully saturated rings. The molecule has 2 rings (SSSR count). The molecule has 0 amide bonds. The number of fused-ring (bicyclic) bond motifs is 1. The summed E-state index contributed by atoms with van der Waals surface area (Å²) in [7, 11) is 1.63. The Balaban J connectivity index is 1.99. The molecule has 2 aliphatic heterocycles. The quantitative estimate of drug-likeness (QED) is 0.727. The summed E-state index contributed by atoms with van der Waals surface area (Å²) in [6, 6.07) is 0. The highest BCUT2D eigenvalue weighted by Gasteiger charge is 2.54. The van der Waals surface area contributed by atoms with Crippen LogP contribution >= 0.6 is 0 Å². The van der Waals surface area contributed by atoms with Gasteiger partial charge < -0.3 is 23.7 Å². The first-order valence-electron chi connectivity index (χ1n) is 6.41. The fraction of sp³-hybridized carbons (Fsp3) is 1.00. The molecule has 0 spiro atoms. The van der Waals surface area contributed by atoms with Crippen molar-refractivity contribution >= 4 is 0 Å². The molecule has 0 aromatic rings. The van der Waals surface area contributed by atoms with Gasteiger partial charge in [-0.15, -0.1) is 0 Å². The third-order valence-corrected chi connectivity index (χ3v) is 3.43. The van der Waals surface area contributed by atoms with E-state index in [1.54, 1.807) is 7.11 Å². The van der Waals surface area contributed by atoms with Crippen molar-refractivity contribution in [3.63, 3.8) is 0 Å². The minimum Gasteiger partial charge on any atom is -0.354 e. The fourth-order valence-corrected chi connectivity index (χ4v) is 2.51. The summed E-state index contributed by atoms with van der Waals surface area (Å²) >= 11 is 0. The highest BCUT2D eigenvalue weighted by Crippen LogP contribution is 2.42. The van der Waals surface area contributed by atoms with Gasteiger partial charge in [-0.25, -0.2) is 0 Å². The molecule has 18 heavy (non-hydrogen) atoms. The Labute approximate surface area is 109 Å². The Morgan fingerprint density at radius 2 is 1.89 bits per heavy atom. The summed E-state index contributed by atoms with van der Waals surface area (Å²) < 4.78 is 28.6. The van der Waals surface area contributed by atoms with E-state index in [1.807, 2.05) is 34.6 Å². The van der Waals surface area contributed by atoms with Gasteiger partial charge in [0.25, 0.3) is 0 Å². The summed E-state index contributed by atoms with van der Waals surface area (Å²) in [5.41, 5.74) is 0. The second kappa shape index (κ2) is 4.42. The Hall–Kier alpha value is -0.200. The number of rotatable bonds is 3. The van der Waals surface area contributed by atoms with Gasteiger partial charge in [0.15, 0.2) is 17.4 Å². The Kier molecular flexibility index (Phi) is 3.49. The highest BCUT2D eigenvalue weighted by atomic mass is 16.8. The van der Waals surface area contributed by atoms with Gasteiger partial charge in [-0.05, 0) is 34.6 Å². The lowest BCUT2D eigenvalue weighted by molar-refractivity contribution is -0.297. The minimum atomic E-state index is -0.666. The van der Waals surface area contributed by atoms with Crippen LogP contribution in [0.1, 0.15) is 41.0 Å². The van der Waals surface area contributed by atoms with Crippen molar-refractivity contribution in [1.82, 2.24) is 0 Å². The van der Waals surface area contributed by atoms with Gasteiger partial charge >= 0.3 is 0 Å². The average molecular weight is 260 g/mol. The lowest BCUT2D eigenvalue weighted by Gasteiger charge is -2.39. The van der Waals surface area contributed by atoms with Gasteiger partial charge in [0.2, 0.25) is 0 Å². The SMILES string of the molecule is COC(C)(C)O[C@@H]1CO[C@@]2(C)OC(C)(C)OC2C1. The second-order valence-corrected chi connectivity index (χ2v) is 6.01. The van der Waals surface area contributed by atoms with Crippen LogP contribution in [-0.2, 0) is 23.7 Å². The van der Waals surface area contributed by atoms with Crippen LogP contribution in [0.5, 0.6) is 0 Å². The van der Waals surface area contributed by atoms with Gasteiger partial charge in [-0.3, -0.25) is 0 Å². The molecule has 1 unspecified atom stereocenters. The monoisotopic (exact) mass is 260 g/mol. The van der Waals surface area contributed by atoms with Crippen molar-refractivity contribution in [3.8, 4) is 0 Å². The second-order valence-electron chi connectivity index (χ2n) is 6.01. The van der Waals surface area contributed by atoms with E-state index >= 15 is 0 Å². The topological polar surface area (TPSA) is 46.2 Å². The zero-order valence-corrected chi connectivity index (χ0v) is 12.1. The normalized spacial score (nSPS) is 39.7. The number of hydrogen-bond donors (Lipinski definition) is 0. The van der Waals surface area contributed by atoms with Crippen molar-refractivity contribution in [2.75, 3.05) is 13.7 Å². The molecule has 0 bridgehead atoms. The predicted octanol–water partition coefficient (Wildman–Crippen LogP) is 2.04.